The zero-order chi connectivity index (χ0) is 11.5. The molecule has 1 aliphatic rings. The van der Waals surface area contributed by atoms with Crippen LogP contribution in [0.15, 0.2) is 22.7 Å². The normalized spacial score (nSPS) is 25.4. The molecule has 2 nitrogen and oxygen atoms in total. The van der Waals surface area contributed by atoms with Crippen molar-refractivity contribution in [3.63, 3.8) is 0 Å². The maximum absolute atomic E-state index is 5.93. The number of nitrogens with two attached hydrogens (primary N) is 1. The van der Waals surface area contributed by atoms with Crippen molar-refractivity contribution < 1.29 is 4.74 Å². The summed E-state index contributed by atoms with van der Waals surface area (Å²) in [5.74, 6) is 1.61. The maximum atomic E-state index is 5.93. The van der Waals surface area contributed by atoms with Crippen molar-refractivity contribution in [2.24, 2.45) is 5.73 Å². The van der Waals surface area contributed by atoms with Gasteiger partial charge in [-0.15, -0.1) is 0 Å². The third-order valence-electron chi connectivity index (χ3n) is 3.40. The summed E-state index contributed by atoms with van der Waals surface area (Å²) in [6, 6.07) is 6.64. The number of hydrogen-bond donors (Lipinski definition) is 1. The summed E-state index contributed by atoms with van der Waals surface area (Å²) < 4.78 is 6.55. The molecular weight excluding hydrogens is 266 g/mol. The highest BCUT2D eigenvalue weighted by Crippen LogP contribution is 2.38. The van der Waals surface area contributed by atoms with Crippen molar-refractivity contribution in [3.05, 3.63) is 28.2 Å². The van der Waals surface area contributed by atoms with E-state index in [0.29, 0.717) is 12.0 Å². The zero-order valence-electron chi connectivity index (χ0n) is 9.58. The Hall–Kier alpha value is -0.540. The first kappa shape index (κ1) is 11.9. The van der Waals surface area contributed by atoms with E-state index in [1.54, 1.807) is 7.11 Å². The molecule has 0 unspecified atom stereocenters. The van der Waals surface area contributed by atoms with Crippen molar-refractivity contribution in [2.45, 2.75) is 37.6 Å². The predicted molar refractivity (Wildman–Crippen MR) is 69.9 cm³/mol. The average molecular weight is 284 g/mol. The van der Waals surface area contributed by atoms with Crippen LogP contribution in [0.3, 0.4) is 0 Å². The quantitative estimate of drug-likeness (QED) is 0.902. The summed E-state index contributed by atoms with van der Waals surface area (Å²) >= 11 is 3.52. The van der Waals surface area contributed by atoms with Crippen LogP contribution in [0, 0.1) is 0 Å². The molecule has 1 aromatic carbocycles. The SMILES string of the molecule is COc1ccc(Br)cc1C1CCC(N)CC1. The number of hydrogen-bond acceptors (Lipinski definition) is 2. The van der Waals surface area contributed by atoms with E-state index in [1.807, 2.05) is 12.1 Å². The van der Waals surface area contributed by atoms with Crippen molar-refractivity contribution in [2.75, 3.05) is 7.11 Å². The van der Waals surface area contributed by atoms with Gasteiger partial charge in [-0.2, -0.15) is 0 Å². The van der Waals surface area contributed by atoms with Crippen LogP contribution >= 0.6 is 15.9 Å². The zero-order valence-corrected chi connectivity index (χ0v) is 11.2. The molecule has 16 heavy (non-hydrogen) atoms. The second kappa shape index (κ2) is 5.19. The third kappa shape index (κ3) is 2.58. The summed E-state index contributed by atoms with van der Waals surface area (Å²) in [7, 11) is 1.74. The highest BCUT2D eigenvalue weighted by molar-refractivity contribution is 9.10. The van der Waals surface area contributed by atoms with E-state index in [1.165, 1.54) is 18.4 Å². The maximum Gasteiger partial charge on any atom is 0.122 e. The number of ether oxygens (including phenoxy) is 1. The first-order valence-corrected chi connectivity index (χ1v) is 6.59. The van der Waals surface area contributed by atoms with Gasteiger partial charge in [-0.25, -0.2) is 0 Å². The highest BCUT2D eigenvalue weighted by atomic mass is 79.9. The summed E-state index contributed by atoms with van der Waals surface area (Å²) in [5, 5.41) is 0. The fourth-order valence-electron chi connectivity index (χ4n) is 2.45. The van der Waals surface area contributed by atoms with Crippen molar-refractivity contribution >= 4 is 15.9 Å². The Labute approximate surface area is 105 Å². The lowest BCUT2D eigenvalue weighted by Crippen LogP contribution is -2.25. The van der Waals surface area contributed by atoms with Crippen LogP contribution in [0.4, 0.5) is 0 Å². The van der Waals surface area contributed by atoms with E-state index in [9.17, 15) is 0 Å². The van der Waals surface area contributed by atoms with Crippen molar-refractivity contribution in [1.82, 2.24) is 0 Å². The molecule has 0 saturated heterocycles. The Morgan fingerprint density at radius 2 is 1.94 bits per heavy atom. The fraction of sp³-hybridized carbons (Fsp3) is 0.538. The van der Waals surface area contributed by atoms with Gasteiger partial charge in [-0.05, 0) is 55.4 Å². The van der Waals surface area contributed by atoms with Crippen LogP contribution < -0.4 is 10.5 Å². The van der Waals surface area contributed by atoms with E-state index in [4.69, 9.17) is 10.5 Å². The minimum Gasteiger partial charge on any atom is -0.496 e. The number of methoxy groups -OCH3 is 1. The monoisotopic (exact) mass is 283 g/mol. The van der Waals surface area contributed by atoms with E-state index in [-0.39, 0.29) is 0 Å². The highest BCUT2D eigenvalue weighted by Gasteiger charge is 2.22. The van der Waals surface area contributed by atoms with Gasteiger partial charge in [0.05, 0.1) is 7.11 Å². The number of halogens is 1. The Morgan fingerprint density at radius 3 is 2.56 bits per heavy atom. The predicted octanol–water partition coefficient (Wildman–Crippen LogP) is 3.44. The van der Waals surface area contributed by atoms with Crippen LogP contribution in [0.25, 0.3) is 0 Å². The van der Waals surface area contributed by atoms with Gasteiger partial charge in [0, 0.05) is 10.5 Å². The van der Waals surface area contributed by atoms with Gasteiger partial charge >= 0.3 is 0 Å². The molecule has 2 N–H and O–H groups in total. The Morgan fingerprint density at radius 1 is 1.25 bits per heavy atom. The molecule has 2 rings (SSSR count). The van der Waals surface area contributed by atoms with Gasteiger partial charge in [0.1, 0.15) is 5.75 Å². The molecule has 1 fully saturated rings. The molecule has 1 saturated carbocycles. The molecule has 0 amide bonds. The largest absolute Gasteiger partial charge is 0.496 e. The second-order valence-electron chi connectivity index (χ2n) is 4.50. The van der Waals surface area contributed by atoms with Gasteiger partial charge < -0.3 is 10.5 Å². The Bertz CT molecular complexity index is 359. The minimum atomic E-state index is 0.398. The van der Waals surface area contributed by atoms with Gasteiger partial charge in [0.2, 0.25) is 0 Å². The van der Waals surface area contributed by atoms with Gasteiger partial charge in [-0.1, -0.05) is 15.9 Å². The van der Waals surface area contributed by atoms with E-state index in [0.717, 1.165) is 23.1 Å². The van der Waals surface area contributed by atoms with E-state index < -0.39 is 0 Å². The molecule has 1 aliphatic carbocycles. The molecule has 0 atom stereocenters. The first-order valence-electron chi connectivity index (χ1n) is 5.79. The number of benzene rings is 1. The van der Waals surface area contributed by atoms with Crippen LogP contribution in [-0.2, 0) is 0 Å². The summed E-state index contributed by atoms with van der Waals surface area (Å²) in [4.78, 5) is 0. The Balaban J connectivity index is 2.21. The van der Waals surface area contributed by atoms with Crippen LogP contribution in [-0.4, -0.2) is 13.2 Å². The van der Waals surface area contributed by atoms with Gasteiger partial charge in [-0.3, -0.25) is 0 Å². The molecule has 0 aliphatic heterocycles. The van der Waals surface area contributed by atoms with E-state index in [2.05, 4.69) is 22.0 Å². The topological polar surface area (TPSA) is 35.2 Å². The second-order valence-corrected chi connectivity index (χ2v) is 5.41. The van der Waals surface area contributed by atoms with Gasteiger partial charge in [0.15, 0.2) is 0 Å². The summed E-state index contributed by atoms with van der Waals surface area (Å²) in [6.07, 6.45) is 4.60. The average Bonchev–Trinajstić information content (AvgIpc) is 2.30. The minimum absolute atomic E-state index is 0.398. The molecule has 0 heterocycles. The molecule has 1 aromatic rings. The Kier molecular flexibility index (Phi) is 3.87. The summed E-state index contributed by atoms with van der Waals surface area (Å²) in [5.41, 5.74) is 7.26. The molecule has 0 aromatic heterocycles. The van der Waals surface area contributed by atoms with Gasteiger partial charge in [0.25, 0.3) is 0 Å². The molecule has 88 valence electrons. The van der Waals surface area contributed by atoms with E-state index >= 15 is 0 Å². The lowest BCUT2D eigenvalue weighted by Gasteiger charge is -2.27. The van der Waals surface area contributed by atoms with Crippen LogP contribution in [0.5, 0.6) is 5.75 Å². The lowest BCUT2D eigenvalue weighted by atomic mass is 9.82. The van der Waals surface area contributed by atoms with Crippen molar-refractivity contribution in [3.8, 4) is 5.75 Å². The lowest BCUT2D eigenvalue weighted by molar-refractivity contribution is 0.369. The molecule has 0 radical (unpaired) electrons. The smallest absolute Gasteiger partial charge is 0.122 e. The molecule has 0 spiro atoms. The first-order chi connectivity index (χ1) is 7.70. The van der Waals surface area contributed by atoms with Crippen LogP contribution in [0.2, 0.25) is 0 Å². The van der Waals surface area contributed by atoms with Crippen molar-refractivity contribution in [1.29, 1.82) is 0 Å². The fourth-order valence-corrected chi connectivity index (χ4v) is 2.83. The molecular formula is C13H18BrNO. The number of rotatable bonds is 2. The van der Waals surface area contributed by atoms with Crippen LogP contribution in [0.1, 0.15) is 37.2 Å². The standard InChI is InChI=1S/C13H18BrNO/c1-16-13-7-4-10(14)8-12(13)9-2-5-11(15)6-3-9/h4,7-9,11H,2-3,5-6,15H2,1H3. The third-order valence-corrected chi connectivity index (χ3v) is 3.90. The summed E-state index contributed by atoms with van der Waals surface area (Å²) in [6.45, 7) is 0. The molecule has 3 heteroatoms. The molecule has 0 bridgehead atoms.